The lowest BCUT2D eigenvalue weighted by Gasteiger charge is -2.10. The van der Waals surface area contributed by atoms with Crippen LogP contribution in [-0.4, -0.2) is 12.6 Å². The van der Waals surface area contributed by atoms with E-state index < -0.39 is 0 Å². The van der Waals surface area contributed by atoms with Gasteiger partial charge in [-0.3, -0.25) is 0 Å². The normalized spacial score (nSPS) is 22.1. The number of rotatable bonds is 2. The van der Waals surface area contributed by atoms with Gasteiger partial charge in [0.05, 0.1) is 0 Å². The Hall–Kier alpha value is -0.340. The van der Waals surface area contributed by atoms with Gasteiger partial charge in [-0.2, -0.15) is 0 Å². The first-order valence-corrected chi connectivity index (χ1v) is 5.62. The van der Waals surface area contributed by atoms with Gasteiger partial charge < -0.3 is 5.32 Å². The Morgan fingerprint density at radius 2 is 2.23 bits per heavy atom. The van der Waals surface area contributed by atoms with Crippen LogP contribution in [0.15, 0.2) is 28.7 Å². The van der Waals surface area contributed by atoms with Crippen LogP contribution in [0.5, 0.6) is 0 Å². The van der Waals surface area contributed by atoms with Crippen LogP contribution in [0.4, 0.5) is 0 Å². The molecule has 1 aromatic rings. The fraction of sp³-hybridized carbons (Fsp3) is 0.455. The lowest BCUT2D eigenvalue weighted by molar-refractivity contribution is 0.602. The fourth-order valence-electron chi connectivity index (χ4n) is 1.86. The molecule has 2 rings (SSSR count). The molecule has 1 atom stereocenters. The molecule has 1 fully saturated rings. The summed E-state index contributed by atoms with van der Waals surface area (Å²) in [4.78, 5) is 0. The van der Waals surface area contributed by atoms with Gasteiger partial charge in [0.15, 0.2) is 0 Å². The maximum atomic E-state index is 3.58. The molecule has 0 unspecified atom stereocenters. The summed E-state index contributed by atoms with van der Waals surface area (Å²) >= 11 is 3.58. The zero-order valence-electron chi connectivity index (χ0n) is 7.59. The molecule has 1 nitrogen and oxygen atoms in total. The van der Waals surface area contributed by atoms with E-state index in [4.69, 9.17) is 0 Å². The summed E-state index contributed by atoms with van der Waals surface area (Å²) in [6, 6.07) is 9.18. The Morgan fingerprint density at radius 3 is 2.92 bits per heavy atom. The Labute approximate surface area is 87.7 Å². The molecule has 0 aliphatic carbocycles. The molecule has 1 N–H and O–H groups in total. The van der Waals surface area contributed by atoms with E-state index in [0.29, 0.717) is 6.04 Å². The van der Waals surface area contributed by atoms with Gasteiger partial charge in [-0.15, -0.1) is 0 Å². The summed E-state index contributed by atoms with van der Waals surface area (Å²) in [7, 11) is 0. The average Bonchev–Trinajstić information content (AvgIpc) is 2.61. The van der Waals surface area contributed by atoms with E-state index in [1.54, 1.807) is 0 Å². The third-order valence-electron chi connectivity index (χ3n) is 2.59. The molecular weight excluding hydrogens is 226 g/mol. The van der Waals surface area contributed by atoms with Crippen LogP contribution in [-0.2, 0) is 6.42 Å². The standard InChI is InChI=1S/C11H14BrN/c12-11-6-2-1-4-9(11)8-10-5-3-7-13-10/h1-2,4,6,10,13H,3,5,7-8H2/t10-/m1/s1. The summed E-state index contributed by atoms with van der Waals surface area (Å²) < 4.78 is 1.24. The SMILES string of the molecule is Brc1ccccc1C[C@H]1CCCN1. The number of nitrogens with one attached hydrogen (secondary N) is 1. The summed E-state index contributed by atoms with van der Waals surface area (Å²) in [5, 5.41) is 3.51. The molecule has 1 aliphatic rings. The summed E-state index contributed by atoms with van der Waals surface area (Å²) in [5.41, 5.74) is 1.42. The predicted octanol–water partition coefficient (Wildman–Crippen LogP) is 2.74. The lowest BCUT2D eigenvalue weighted by Crippen LogP contribution is -2.23. The molecule has 1 saturated heterocycles. The molecule has 13 heavy (non-hydrogen) atoms. The van der Waals surface area contributed by atoms with Crippen molar-refractivity contribution in [1.82, 2.24) is 5.32 Å². The molecule has 0 spiro atoms. The van der Waals surface area contributed by atoms with E-state index in [-0.39, 0.29) is 0 Å². The van der Waals surface area contributed by atoms with Crippen molar-refractivity contribution in [2.45, 2.75) is 25.3 Å². The van der Waals surface area contributed by atoms with Gasteiger partial charge in [-0.25, -0.2) is 0 Å². The number of hydrogen-bond donors (Lipinski definition) is 1. The van der Waals surface area contributed by atoms with Crippen LogP contribution in [0.3, 0.4) is 0 Å². The van der Waals surface area contributed by atoms with E-state index >= 15 is 0 Å². The highest BCUT2D eigenvalue weighted by Crippen LogP contribution is 2.19. The maximum Gasteiger partial charge on any atom is 0.0207 e. The Morgan fingerprint density at radius 1 is 1.38 bits per heavy atom. The van der Waals surface area contributed by atoms with E-state index in [1.807, 2.05) is 0 Å². The van der Waals surface area contributed by atoms with Gasteiger partial charge in [0.1, 0.15) is 0 Å². The van der Waals surface area contributed by atoms with Crippen LogP contribution in [0, 0.1) is 0 Å². The molecule has 0 amide bonds. The molecule has 2 heteroatoms. The monoisotopic (exact) mass is 239 g/mol. The molecule has 0 saturated carbocycles. The first-order valence-electron chi connectivity index (χ1n) is 4.83. The summed E-state index contributed by atoms with van der Waals surface area (Å²) in [6.07, 6.45) is 3.80. The largest absolute Gasteiger partial charge is 0.314 e. The molecule has 1 aliphatic heterocycles. The Balaban J connectivity index is 2.04. The molecule has 0 aromatic heterocycles. The highest BCUT2D eigenvalue weighted by molar-refractivity contribution is 9.10. The molecule has 1 heterocycles. The minimum Gasteiger partial charge on any atom is -0.314 e. The third kappa shape index (κ3) is 2.32. The van der Waals surface area contributed by atoms with Crippen LogP contribution >= 0.6 is 15.9 Å². The number of halogens is 1. The predicted molar refractivity (Wildman–Crippen MR) is 58.9 cm³/mol. The lowest BCUT2D eigenvalue weighted by atomic mass is 10.1. The molecule has 1 aromatic carbocycles. The third-order valence-corrected chi connectivity index (χ3v) is 3.36. The van der Waals surface area contributed by atoms with Crippen molar-refractivity contribution >= 4 is 15.9 Å². The summed E-state index contributed by atoms with van der Waals surface area (Å²) in [5.74, 6) is 0. The van der Waals surface area contributed by atoms with Gasteiger partial charge >= 0.3 is 0 Å². The second kappa shape index (κ2) is 4.25. The number of hydrogen-bond acceptors (Lipinski definition) is 1. The van der Waals surface area contributed by atoms with Crippen molar-refractivity contribution in [3.05, 3.63) is 34.3 Å². The van der Waals surface area contributed by atoms with Crippen molar-refractivity contribution in [3.8, 4) is 0 Å². The molecule has 0 bridgehead atoms. The topological polar surface area (TPSA) is 12.0 Å². The van der Waals surface area contributed by atoms with Crippen molar-refractivity contribution in [2.75, 3.05) is 6.54 Å². The second-order valence-electron chi connectivity index (χ2n) is 3.59. The quantitative estimate of drug-likeness (QED) is 0.838. The Kier molecular flexibility index (Phi) is 3.01. The maximum absolute atomic E-state index is 3.58. The van der Waals surface area contributed by atoms with Crippen molar-refractivity contribution in [3.63, 3.8) is 0 Å². The minimum absolute atomic E-state index is 0.693. The van der Waals surface area contributed by atoms with Gasteiger partial charge in [-0.1, -0.05) is 34.1 Å². The van der Waals surface area contributed by atoms with Crippen molar-refractivity contribution < 1.29 is 0 Å². The Bertz CT molecular complexity index is 279. The first-order chi connectivity index (χ1) is 6.36. The molecular formula is C11H14BrN. The van der Waals surface area contributed by atoms with E-state index in [9.17, 15) is 0 Å². The van der Waals surface area contributed by atoms with E-state index in [1.165, 1.54) is 29.4 Å². The average molecular weight is 240 g/mol. The smallest absolute Gasteiger partial charge is 0.0207 e. The first kappa shape index (κ1) is 9.22. The van der Waals surface area contributed by atoms with Crippen molar-refractivity contribution in [1.29, 1.82) is 0 Å². The van der Waals surface area contributed by atoms with Crippen LogP contribution in [0.25, 0.3) is 0 Å². The minimum atomic E-state index is 0.693. The van der Waals surface area contributed by atoms with Gasteiger partial charge in [0.25, 0.3) is 0 Å². The van der Waals surface area contributed by atoms with Crippen molar-refractivity contribution in [2.24, 2.45) is 0 Å². The summed E-state index contributed by atoms with van der Waals surface area (Å²) in [6.45, 7) is 1.19. The fourth-order valence-corrected chi connectivity index (χ4v) is 2.31. The molecule has 0 radical (unpaired) electrons. The zero-order chi connectivity index (χ0) is 9.10. The zero-order valence-corrected chi connectivity index (χ0v) is 9.18. The van der Waals surface area contributed by atoms with Crippen LogP contribution in [0.1, 0.15) is 18.4 Å². The van der Waals surface area contributed by atoms with E-state index in [2.05, 4.69) is 45.5 Å². The van der Waals surface area contributed by atoms with Crippen LogP contribution < -0.4 is 5.32 Å². The number of benzene rings is 1. The second-order valence-corrected chi connectivity index (χ2v) is 4.44. The highest BCUT2D eigenvalue weighted by atomic mass is 79.9. The van der Waals surface area contributed by atoms with E-state index in [0.717, 1.165) is 6.42 Å². The van der Waals surface area contributed by atoms with Gasteiger partial charge in [0, 0.05) is 10.5 Å². The highest BCUT2D eigenvalue weighted by Gasteiger charge is 2.14. The molecule has 70 valence electrons. The van der Waals surface area contributed by atoms with Gasteiger partial charge in [-0.05, 0) is 37.4 Å². The van der Waals surface area contributed by atoms with Crippen LogP contribution in [0.2, 0.25) is 0 Å². The van der Waals surface area contributed by atoms with Gasteiger partial charge in [0.2, 0.25) is 0 Å².